The quantitative estimate of drug-likeness (QED) is 0.866. The van der Waals surface area contributed by atoms with Crippen LogP contribution in [0, 0.1) is 0 Å². The molecule has 1 aliphatic rings. The Kier molecular flexibility index (Phi) is 4.26. The van der Waals surface area contributed by atoms with E-state index >= 15 is 0 Å². The molecule has 3 nitrogen and oxygen atoms in total. The first kappa shape index (κ1) is 12.7. The number of hydrogen-bond donors (Lipinski definition) is 2. The summed E-state index contributed by atoms with van der Waals surface area (Å²) in [5.41, 5.74) is 2.21. The average Bonchev–Trinajstić information content (AvgIpc) is 2.32. The molecule has 0 spiro atoms. The van der Waals surface area contributed by atoms with Crippen LogP contribution in [0.15, 0.2) is 18.2 Å². The molecule has 2 N–H and O–H groups in total. The lowest BCUT2D eigenvalue weighted by Gasteiger charge is -2.32. The van der Waals surface area contributed by atoms with Crippen molar-refractivity contribution in [1.82, 2.24) is 5.32 Å². The SMILES string of the molecule is CNCc1ccc(N2CCCC(O)C2)cc1Cl. The van der Waals surface area contributed by atoms with E-state index in [0.717, 1.165) is 42.2 Å². The zero-order chi connectivity index (χ0) is 12.3. The fourth-order valence-electron chi connectivity index (χ4n) is 2.26. The molecule has 0 saturated carbocycles. The number of piperidine rings is 1. The van der Waals surface area contributed by atoms with E-state index in [1.54, 1.807) is 0 Å². The Morgan fingerprint density at radius 2 is 2.35 bits per heavy atom. The smallest absolute Gasteiger partial charge is 0.0715 e. The lowest BCUT2D eigenvalue weighted by atomic mass is 10.1. The van der Waals surface area contributed by atoms with Crippen molar-refractivity contribution in [3.8, 4) is 0 Å². The Bertz CT molecular complexity index is 384. The number of rotatable bonds is 3. The van der Waals surface area contributed by atoms with Gasteiger partial charge in [0.15, 0.2) is 0 Å². The first-order valence-corrected chi connectivity index (χ1v) is 6.44. The second-order valence-electron chi connectivity index (χ2n) is 4.55. The third kappa shape index (κ3) is 3.12. The Labute approximate surface area is 107 Å². The molecule has 1 aromatic carbocycles. The molecule has 4 heteroatoms. The van der Waals surface area contributed by atoms with Gasteiger partial charge in [-0.1, -0.05) is 17.7 Å². The maximum absolute atomic E-state index is 9.66. The van der Waals surface area contributed by atoms with Gasteiger partial charge in [-0.15, -0.1) is 0 Å². The summed E-state index contributed by atoms with van der Waals surface area (Å²) in [5.74, 6) is 0. The molecular formula is C13H19ClN2O. The highest BCUT2D eigenvalue weighted by molar-refractivity contribution is 6.31. The summed E-state index contributed by atoms with van der Waals surface area (Å²) in [6, 6.07) is 6.12. The molecular weight excluding hydrogens is 236 g/mol. The highest BCUT2D eigenvalue weighted by Gasteiger charge is 2.18. The number of benzene rings is 1. The van der Waals surface area contributed by atoms with Gasteiger partial charge in [-0.3, -0.25) is 0 Å². The van der Waals surface area contributed by atoms with Crippen LogP contribution >= 0.6 is 11.6 Å². The molecule has 0 amide bonds. The summed E-state index contributed by atoms with van der Waals surface area (Å²) in [6.45, 7) is 2.49. The van der Waals surface area contributed by atoms with Crippen molar-refractivity contribution in [1.29, 1.82) is 0 Å². The predicted molar refractivity (Wildman–Crippen MR) is 71.7 cm³/mol. The zero-order valence-corrected chi connectivity index (χ0v) is 10.9. The van der Waals surface area contributed by atoms with Crippen LogP contribution in [0.1, 0.15) is 18.4 Å². The highest BCUT2D eigenvalue weighted by Crippen LogP contribution is 2.26. The molecule has 1 saturated heterocycles. The Balaban J connectivity index is 2.13. The minimum Gasteiger partial charge on any atom is -0.391 e. The van der Waals surface area contributed by atoms with Crippen LogP contribution in [0.3, 0.4) is 0 Å². The van der Waals surface area contributed by atoms with Crippen LogP contribution in [0.25, 0.3) is 0 Å². The minimum atomic E-state index is -0.209. The normalized spacial score (nSPS) is 20.6. The molecule has 0 aromatic heterocycles. The van der Waals surface area contributed by atoms with Gasteiger partial charge in [-0.25, -0.2) is 0 Å². The monoisotopic (exact) mass is 254 g/mol. The second-order valence-corrected chi connectivity index (χ2v) is 4.96. The van der Waals surface area contributed by atoms with Crippen molar-refractivity contribution in [2.45, 2.75) is 25.5 Å². The van der Waals surface area contributed by atoms with Crippen LogP contribution in [-0.4, -0.2) is 31.3 Å². The van der Waals surface area contributed by atoms with E-state index in [1.807, 2.05) is 13.1 Å². The van der Waals surface area contributed by atoms with Gasteiger partial charge < -0.3 is 15.3 Å². The molecule has 1 atom stereocenters. The van der Waals surface area contributed by atoms with Gasteiger partial charge in [-0.05, 0) is 37.6 Å². The van der Waals surface area contributed by atoms with Crippen LogP contribution in [-0.2, 0) is 6.54 Å². The second kappa shape index (κ2) is 5.71. The fraction of sp³-hybridized carbons (Fsp3) is 0.538. The van der Waals surface area contributed by atoms with Crippen LogP contribution < -0.4 is 10.2 Å². The summed E-state index contributed by atoms with van der Waals surface area (Å²) < 4.78 is 0. The number of β-amino-alcohol motifs (C(OH)–C–C–N with tert-alkyl or cyclic N) is 1. The van der Waals surface area contributed by atoms with Crippen molar-refractivity contribution in [2.75, 3.05) is 25.0 Å². The molecule has 1 aliphatic heterocycles. The molecule has 1 heterocycles. The van der Waals surface area contributed by atoms with Crippen LogP contribution in [0.4, 0.5) is 5.69 Å². The van der Waals surface area contributed by atoms with Gasteiger partial charge in [-0.2, -0.15) is 0 Å². The molecule has 1 unspecified atom stereocenters. The largest absolute Gasteiger partial charge is 0.391 e. The Morgan fingerprint density at radius 1 is 1.53 bits per heavy atom. The molecule has 0 radical (unpaired) electrons. The number of halogens is 1. The van der Waals surface area contributed by atoms with Gasteiger partial charge in [0.2, 0.25) is 0 Å². The average molecular weight is 255 g/mol. The summed E-state index contributed by atoms with van der Waals surface area (Å²) >= 11 is 6.23. The fourth-order valence-corrected chi connectivity index (χ4v) is 2.50. The van der Waals surface area contributed by atoms with Crippen LogP contribution in [0.2, 0.25) is 5.02 Å². The molecule has 2 rings (SSSR count). The first-order chi connectivity index (χ1) is 8.20. The van der Waals surface area contributed by atoms with Gasteiger partial charge in [0.05, 0.1) is 6.10 Å². The Morgan fingerprint density at radius 3 is 3.00 bits per heavy atom. The minimum absolute atomic E-state index is 0.209. The third-order valence-electron chi connectivity index (χ3n) is 3.17. The van der Waals surface area contributed by atoms with E-state index < -0.39 is 0 Å². The van der Waals surface area contributed by atoms with Gasteiger partial charge >= 0.3 is 0 Å². The molecule has 1 fully saturated rings. The van der Waals surface area contributed by atoms with E-state index in [2.05, 4.69) is 22.3 Å². The topological polar surface area (TPSA) is 35.5 Å². The van der Waals surface area contributed by atoms with E-state index in [9.17, 15) is 5.11 Å². The highest BCUT2D eigenvalue weighted by atomic mass is 35.5. The van der Waals surface area contributed by atoms with Gasteiger partial charge in [0.25, 0.3) is 0 Å². The van der Waals surface area contributed by atoms with Gasteiger partial charge in [0.1, 0.15) is 0 Å². The summed E-state index contributed by atoms with van der Waals surface area (Å²) in [6.07, 6.45) is 1.73. The zero-order valence-electron chi connectivity index (χ0n) is 10.1. The van der Waals surface area contributed by atoms with Crippen LogP contribution in [0.5, 0.6) is 0 Å². The van der Waals surface area contributed by atoms with Crippen molar-refractivity contribution >= 4 is 17.3 Å². The number of nitrogens with one attached hydrogen (secondary N) is 1. The number of nitrogens with zero attached hydrogens (tertiary/aromatic N) is 1. The predicted octanol–water partition coefficient (Wildman–Crippen LogP) is 2.02. The van der Waals surface area contributed by atoms with Crippen molar-refractivity contribution in [2.24, 2.45) is 0 Å². The maximum Gasteiger partial charge on any atom is 0.0715 e. The standard InChI is InChI=1S/C13H19ClN2O/c1-15-8-10-4-5-11(7-13(10)14)16-6-2-3-12(17)9-16/h4-5,7,12,15,17H,2-3,6,8-9H2,1H3. The van der Waals surface area contributed by atoms with Gasteiger partial charge in [0, 0.05) is 30.3 Å². The van der Waals surface area contributed by atoms with Crippen molar-refractivity contribution in [3.05, 3.63) is 28.8 Å². The number of aliphatic hydroxyl groups excluding tert-OH is 1. The van der Waals surface area contributed by atoms with Crippen molar-refractivity contribution in [3.63, 3.8) is 0 Å². The molecule has 94 valence electrons. The molecule has 17 heavy (non-hydrogen) atoms. The summed E-state index contributed by atoms with van der Waals surface area (Å²) in [5, 5.41) is 13.5. The lowest BCUT2D eigenvalue weighted by molar-refractivity contribution is 0.154. The Hall–Kier alpha value is -0.770. The third-order valence-corrected chi connectivity index (χ3v) is 3.52. The number of hydrogen-bond acceptors (Lipinski definition) is 3. The number of anilines is 1. The molecule has 0 aliphatic carbocycles. The van der Waals surface area contributed by atoms with E-state index in [4.69, 9.17) is 11.6 Å². The lowest BCUT2D eigenvalue weighted by Crippen LogP contribution is -2.38. The molecule has 1 aromatic rings. The number of aliphatic hydroxyl groups is 1. The van der Waals surface area contributed by atoms with E-state index in [1.165, 1.54) is 0 Å². The maximum atomic E-state index is 9.66. The summed E-state index contributed by atoms with van der Waals surface area (Å²) in [7, 11) is 1.91. The summed E-state index contributed by atoms with van der Waals surface area (Å²) in [4.78, 5) is 2.20. The van der Waals surface area contributed by atoms with E-state index in [0.29, 0.717) is 6.54 Å². The van der Waals surface area contributed by atoms with Crippen molar-refractivity contribution < 1.29 is 5.11 Å². The molecule has 0 bridgehead atoms. The van der Waals surface area contributed by atoms with E-state index in [-0.39, 0.29) is 6.10 Å². The first-order valence-electron chi connectivity index (χ1n) is 6.06.